The molecule has 0 radical (unpaired) electrons. The van der Waals surface area contributed by atoms with Gasteiger partial charge in [0.2, 0.25) is 0 Å². The molecule has 1 atom stereocenters. The van der Waals surface area contributed by atoms with Crippen LogP contribution >= 0.6 is 15.9 Å². The second kappa shape index (κ2) is 8.33. The SMILES string of the molecule is CCCNC(c1c(Br)cnn1CCC)C1CCC(C)CC1. The lowest BCUT2D eigenvalue weighted by molar-refractivity contribution is 0.223. The van der Waals surface area contributed by atoms with Crippen LogP contribution in [0.5, 0.6) is 0 Å². The molecule has 1 heterocycles. The van der Waals surface area contributed by atoms with Gasteiger partial charge >= 0.3 is 0 Å². The van der Waals surface area contributed by atoms with E-state index in [-0.39, 0.29) is 0 Å². The molecule has 1 fully saturated rings. The average molecular weight is 356 g/mol. The molecular weight excluding hydrogens is 326 g/mol. The summed E-state index contributed by atoms with van der Waals surface area (Å²) < 4.78 is 3.37. The molecule has 0 spiro atoms. The van der Waals surface area contributed by atoms with Crippen molar-refractivity contribution in [3.8, 4) is 0 Å². The van der Waals surface area contributed by atoms with Crippen molar-refractivity contribution in [3.63, 3.8) is 0 Å². The van der Waals surface area contributed by atoms with E-state index in [1.54, 1.807) is 0 Å². The van der Waals surface area contributed by atoms with Gasteiger partial charge in [0.15, 0.2) is 0 Å². The molecule has 3 nitrogen and oxygen atoms in total. The monoisotopic (exact) mass is 355 g/mol. The van der Waals surface area contributed by atoms with Gasteiger partial charge in [-0.2, -0.15) is 5.10 Å². The van der Waals surface area contributed by atoms with E-state index in [1.807, 2.05) is 6.20 Å². The fourth-order valence-electron chi connectivity index (χ4n) is 3.48. The van der Waals surface area contributed by atoms with Crippen LogP contribution in [0.15, 0.2) is 10.7 Å². The summed E-state index contributed by atoms with van der Waals surface area (Å²) in [6.45, 7) is 8.94. The molecule has 4 heteroatoms. The number of nitrogens with one attached hydrogen (secondary N) is 1. The van der Waals surface area contributed by atoms with E-state index < -0.39 is 0 Å². The summed E-state index contributed by atoms with van der Waals surface area (Å²) >= 11 is 3.73. The van der Waals surface area contributed by atoms with E-state index in [2.05, 4.69) is 51.8 Å². The largest absolute Gasteiger partial charge is 0.308 e. The first kappa shape index (κ1) is 17.0. The van der Waals surface area contributed by atoms with Crippen molar-refractivity contribution < 1.29 is 0 Å². The summed E-state index contributed by atoms with van der Waals surface area (Å²) in [4.78, 5) is 0. The molecular formula is C17H30BrN3. The third-order valence-electron chi connectivity index (χ3n) is 4.71. The van der Waals surface area contributed by atoms with Gasteiger partial charge in [0, 0.05) is 6.54 Å². The van der Waals surface area contributed by atoms with Gasteiger partial charge in [-0.15, -0.1) is 0 Å². The fraction of sp³-hybridized carbons (Fsp3) is 0.824. The van der Waals surface area contributed by atoms with Crippen molar-refractivity contribution in [1.82, 2.24) is 15.1 Å². The maximum Gasteiger partial charge on any atom is 0.0698 e. The molecule has 1 aromatic rings. The molecule has 0 aliphatic heterocycles. The highest BCUT2D eigenvalue weighted by Crippen LogP contribution is 2.38. The van der Waals surface area contributed by atoms with Crippen molar-refractivity contribution in [2.24, 2.45) is 11.8 Å². The second-order valence-corrected chi connectivity index (χ2v) is 7.41. The van der Waals surface area contributed by atoms with Crippen LogP contribution in [-0.2, 0) is 6.54 Å². The zero-order chi connectivity index (χ0) is 15.2. The highest BCUT2D eigenvalue weighted by Gasteiger charge is 2.30. The van der Waals surface area contributed by atoms with Gasteiger partial charge in [-0.25, -0.2) is 0 Å². The standard InChI is InChI=1S/C17H30BrN3/c1-4-10-19-16(14-8-6-13(3)7-9-14)17-15(18)12-20-21(17)11-5-2/h12-14,16,19H,4-11H2,1-3H3. The maximum absolute atomic E-state index is 4.57. The predicted octanol–water partition coefficient (Wildman–Crippen LogP) is 4.92. The molecule has 21 heavy (non-hydrogen) atoms. The minimum absolute atomic E-state index is 0.445. The Kier molecular flexibility index (Phi) is 6.74. The van der Waals surface area contributed by atoms with Crippen molar-refractivity contribution >= 4 is 15.9 Å². The first-order valence-electron chi connectivity index (χ1n) is 8.61. The first-order valence-corrected chi connectivity index (χ1v) is 9.41. The lowest BCUT2D eigenvalue weighted by Crippen LogP contribution is -2.33. The Bertz CT molecular complexity index is 422. The maximum atomic E-state index is 4.57. The fourth-order valence-corrected chi connectivity index (χ4v) is 4.02. The van der Waals surface area contributed by atoms with Crippen LogP contribution in [0.1, 0.15) is 71.0 Å². The molecule has 0 bridgehead atoms. The number of halogens is 1. The minimum Gasteiger partial charge on any atom is -0.308 e. The van der Waals surface area contributed by atoms with Crippen molar-refractivity contribution in [1.29, 1.82) is 0 Å². The second-order valence-electron chi connectivity index (χ2n) is 6.55. The molecule has 0 saturated heterocycles. The van der Waals surface area contributed by atoms with Crippen molar-refractivity contribution in [2.45, 2.75) is 71.9 Å². The molecule has 1 aliphatic rings. The van der Waals surface area contributed by atoms with Crippen LogP contribution in [0.2, 0.25) is 0 Å². The highest BCUT2D eigenvalue weighted by molar-refractivity contribution is 9.10. The van der Waals surface area contributed by atoms with Crippen LogP contribution in [0.4, 0.5) is 0 Å². The third-order valence-corrected chi connectivity index (χ3v) is 5.32. The van der Waals surface area contributed by atoms with E-state index in [0.717, 1.165) is 31.3 Å². The van der Waals surface area contributed by atoms with Gasteiger partial charge in [0.1, 0.15) is 0 Å². The number of hydrogen-bond donors (Lipinski definition) is 1. The molecule has 1 aromatic heterocycles. The van der Waals surface area contributed by atoms with Crippen molar-refractivity contribution in [3.05, 3.63) is 16.4 Å². The number of rotatable bonds is 7. The van der Waals surface area contributed by atoms with Gasteiger partial charge < -0.3 is 5.32 Å². The quantitative estimate of drug-likeness (QED) is 0.751. The average Bonchev–Trinajstić information content (AvgIpc) is 2.83. The summed E-state index contributed by atoms with van der Waals surface area (Å²) in [5.41, 5.74) is 1.37. The Morgan fingerprint density at radius 3 is 2.62 bits per heavy atom. The lowest BCUT2D eigenvalue weighted by Gasteiger charge is -2.34. The van der Waals surface area contributed by atoms with Gasteiger partial charge in [0.25, 0.3) is 0 Å². The Morgan fingerprint density at radius 1 is 1.29 bits per heavy atom. The van der Waals surface area contributed by atoms with Crippen LogP contribution < -0.4 is 5.32 Å². The molecule has 1 aliphatic carbocycles. The lowest BCUT2D eigenvalue weighted by atomic mass is 9.78. The number of nitrogens with zero attached hydrogens (tertiary/aromatic N) is 2. The number of aryl methyl sites for hydroxylation is 1. The summed E-state index contributed by atoms with van der Waals surface area (Å²) in [5, 5.41) is 8.38. The molecule has 1 saturated carbocycles. The van der Waals surface area contributed by atoms with E-state index >= 15 is 0 Å². The topological polar surface area (TPSA) is 29.9 Å². The smallest absolute Gasteiger partial charge is 0.0698 e. The molecule has 2 rings (SSSR count). The van der Waals surface area contributed by atoms with Crippen LogP contribution in [0.3, 0.4) is 0 Å². The highest BCUT2D eigenvalue weighted by atomic mass is 79.9. The van der Waals surface area contributed by atoms with Gasteiger partial charge in [-0.3, -0.25) is 4.68 Å². The van der Waals surface area contributed by atoms with E-state index in [4.69, 9.17) is 0 Å². The van der Waals surface area contributed by atoms with Gasteiger partial charge in [-0.1, -0.05) is 33.6 Å². The van der Waals surface area contributed by atoms with Crippen molar-refractivity contribution in [2.75, 3.05) is 6.54 Å². The number of hydrogen-bond acceptors (Lipinski definition) is 2. The van der Waals surface area contributed by atoms with Crippen LogP contribution in [0, 0.1) is 11.8 Å². The summed E-state index contributed by atoms with van der Waals surface area (Å²) in [7, 11) is 0. The normalized spacial score (nSPS) is 24.2. The Balaban J connectivity index is 2.20. The van der Waals surface area contributed by atoms with Gasteiger partial charge in [0.05, 0.1) is 22.4 Å². The molecule has 120 valence electrons. The molecule has 1 N–H and O–H groups in total. The van der Waals surface area contributed by atoms with E-state index in [9.17, 15) is 0 Å². The Labute approximate surface area is 138 Å². The number of aromatic nitrogens is 2. The third kappa shape index (κ3) is 4.32. The zero-order valence-corrected chi connectivity index (χ0v) is 15.3. The van der Waals surface area contributed by atoms with E-state index in [0.29, 0.717) is 6.04 Å². The Hall–Kier alpha value is -0.350. The molecule has 0 aromatic carbocycles. The molecule has 0 amide bonds. The summed E-state index contributed by atoms with van der Waals surface area (Å²) in [6.07, 6.45) is 9.70. The first-order chi connectivity index (χ1) is 10.2. The molecule has 1 unspecified atom stereocenters. The van der Waals surface area contributed by atoms with Crippen LogP contribution in [-0.4, -0.2) is 16.3 Å². The zero-order valence-electron chi connectivity index (χ0n) is 13.7. The minimum atomic E-state index is 0.445. The van der Waals surface area contributed by atoms with Gasteiger partial charge in [-0.05, 0) is 60.0 Å². The van der Waals surface area contributed by atoms with Crippen LogP contribution in [0.25, 0.3) is 0 Å². The predicted molar refractivity (Wildman–Crippen MR) is 92.4 cm³/mol. The Morgan fingerprint density at radius 2 is 2.00 bits per heavy atom. The summed E-state index contributed by atoms with van der Waals surface area (Å²) in [6, 6.07) is 0.445. The van der Waals surface area contributed by atoms with E-state index in [1.165, 1.54) is 42.3 Å². The summed E-state index contributed by atoms with van der Waals surface area (Å²) in [5.74, 6) is 1.65.